The quantitative estimate of drug-likeness (QED) is 0.680. The number of carbonyl (C=O) groups excluding carboxylic acids is 3. The molecule has 0 aliphatic carbocycles. The Kier molecular flexibility index (Phi) is 7.42. The van der Waals surface area contributed by atoms with Crippen LogP contribution in [-0.2, 0) is 4.79 Å². The molecule has 0 unspecified atom stereocenters. The summed E-state index contributed by atoms with van der Waals surface area (Å²) in [5, 5.41) is 0.127. The molecule has 1 aliphatic heterocycles. The Balaban J connectivity index is 1.69. The highest BCUT2D eigenvalue weighted by Crippen LogP contribution is 2.36. The van der Waals surface area contributed by atoms with Crippen molar-refractivity contribution in [3.8, 4) is 11.5 Å². The molecular weight excluding hydrogens is 464 g/mol. The number of nitrogens with zero attached hydrogens (tertiary/aromatic N) is 2. The number of rotatable bonds is 6. The van der Waals surface area contributed by atoms with Gasteiger partial charge >= 0.3 is 0 Å². The van der Waals surface area contributed by atoms with E-state index in [2.05, 4.69) is 0 Å². The van der Waals surface area contributed by atoms with Crippen molar-refractivity contribution in [3.05, 3.63) is 57.3 Å². The van der Waals surface area contributed by atoms with Gasteiger partial charge in [0, 0.05) is 31.7 Å². The highest BCUT2D eigenvalue weighted by Gasteiger charge is 2.27. The van der Waals surface area contributed by atoms with Crippen molar-refractivity contribution in [3.63, 3.8) is 0 Å². The molecule has 8 nitrogen and oxygen atoms in total. The van der Waals surface area contributed by atoms with E-state index in [1.165, 1.54) is 31.4 Å². The smallest absolute Gasteiger partial charge is 0.255 e. The minimum Gasteiger partial charge on any atom is -0.493 e. The van der Waals surface area contributed by atoms with Crippen LogP contribution in [0.15, 0.2) is 30.3 Å². The topological polar surface area (TPSA) is 102 Å². The van der Waals surface area contributed by atoms with Gasteiger partial charge in [-0.25, -0.2) is 4.39 Å². The second kappa shape index (κ2) is 10.1. The van der Waals surface area contributed by atoms with Crippen molar-refractivity contribution in [1.29, 1.82) is 0 Å². The highest BCUT2D eigenvalue weighted by molar-refractivity contribution is 6.34. The fourth-order valence-corrected chi connectivity index (χ4v) is 3.77. The van der Waals surface area contributed by atoms with E-state index in [4.69, 9.17) is 38.4 Å². The molecule has 0 aromatic heterocycles. The van der Waals surface area contributed by atoms with Crippen LogP contribution in [0.4, 0.5) is 4.39 Å². The number of benzene rings is 2. The Hall–Kier alpha value is -3.04. The number of ether oxygens (including phenoxy) is 2. The van der Waals surface area contributed by atoms with Gasteiger partial charge < -0.3 is 25.0 Å². The van der Waals surface area contributed by atoms with E-state index in [-0.39, 0.29) is 70.7 Å². The van der Waals surface area contributed by atoms with Gasteiger partial charge in [-0.1, -0.05) is 23.2 Å². The molecule has 0 atom stereocenters. The normalized spacial score (nSPS) is 13.6. The standard InChI is InChI=1S/C21H20Cl2FN3O5/c1-31-17-9-12(8-16(23)19(17)32-11-18(25)28)20(29)26-4-6-27(7-5-26)21(30)14-3-2-13(24)10-15(14)22/h2-3,8-10H,4-7,11H2,1H3,(H2,25,28). The number of methoxy groups -OCH3 is 1. The van der Waals surface area contributed by atoms with Crippen molar-refractivity contribution in [2.75, 3.05) is 39.9 Å². The van der Waals surface area contributed by atoms with Gasteiger partial charge in [0.2, 0.25) is 0 Å². The lowest BCUT2D eigenvalue weighted by Gasteiger charge is -2.35. The molecule has 1 heterocycles. The largest absolute Gasteiger partial charge is 0.493 e. The van der Waals surface area contributed by atoms with Gasteiger partial charge in [0.15, 0.2) is 18.1 Å². The van der Waals surface area contributed by atoms with Crippen molar-refractivity contribution < 1.29 is 28.2 Å². The van der Waals surface area contributed by atoms with Gasteiger partial charge in [0.05, 0.1) is 22.7 Å². The molecule has 2 aromatic carbocycles. The van der Waals surface area contributed by atoms with Crippen LogP contribution in [0.25, 0.3) is 0 Å². The Labute approximate surface area is 193 Å². The lowest BCUT2D eigenvalue weighted by molar-refractivity contribution is -0.119. The lowest BCUT2D eigenvalue weighted by atomic mass is 10.1. The zero-order valence-corrected chi connectivity index (χ0v) is 18.6. The molecule has 32 heavy (non-hydrogen) atoms. The van der Waals surface area contributed by atoms with E-state index in [9.17, 15) is 18.8 Å². The molecule has 3 rings (SSSR count). The van der Waals surface area contributed by atoms with E-state index in [0.717, 1.165) is 6.07 Å². The summed E-state index contributed by atoms with van der Waals surface area (Å²) in [6.07, 6.45) is 0. The van der Waals surface area contributed by atoms with Crippen LogP contribution in [-0.4, -0.2) is 67.4 Å². The van der Waals surface area contributed by atoms with Gasteiger partial charge in [-0.2, -0.15) is 0 Å². The average molecular weight is 484 g/mol. The number of hydrogen-bond donors (Lipinski definition) is 1. The van der Waals surface area contributed by atoms with E-state index in [1.54, 1.807) is 9.80 Å². The third kappa shape index (κ3) is 5.23. The molecule has 2 aromatic rings. The van der Waals surface area contributed by atoms with Crippen LogP contribution in [0.3, 0.4) is 0 Å². The Morgan fingerprint density at radius 1 is 1.00 bits per heavy atom. The summed E-state index contributed by atoms with van der Waals surface area (Å²) < 4.78 is 23.7. The third-order valence-electron chi connectivity index (χ3n) is 4.85. The van der Waals surface area contributed by atoms with Crippen LogP contribution in [0.2, 0.25) is 10.0 Å². The van der Waals surface area contributed by atoms with Crippen LogP contribution in [0.1, 0.15) is 20.7 Å². The summed E-state index contributed by atoms with van der Waals surface area (Å²) in [6, 6.07) is 6.47. The molecular formula is C21H20Cl2FN3O5. The summed E-state index contributed by atoms with van der Waals surface area (Å²) in [7, 11) is 1.38. The first-order valence-electron chi connectivity index (χ1n) is 9.53. The van der Waals surface area contributed by atoms with Crippen molar-refractivity contribution in [2.45, 2.75) is 0 Å². The van der Waals surface area contributed by atoms with Gasteiger partial charge in [0.25, 0.3) is 17.7 Å². The lowest BCUT2D eigenvalue weighted by Crippen LogP contribution is -2.50. The van der Waals surface area contributed by atoms with E-state index in [1.807, 2.05) is 0 Å². The molecule has 0 spiro atoms. The summed E-state index contributed by atoms with van der Waals surface area (Å²) >= 11 is 12.2. The Bertz CT molecular complexity index is 1060. The molecule has 0 bridgehead atoms. The van der Waals surface area contributed by atoms with Crippen molar-refractivity contribution >= 4 is 40.9 Å². The van der Waals surface area contributed by atoms with E-state index in [0.29, 0.717) is 0 Å². The maximum Gasteiger partial charge on any atom is 0.255 e. The molecule has 1 aliphatic rings. The fraction of sp³-hybridized carbons (Fsp3) is 0.286. The maximum atomic E-state index is 13.2. The molecule has 1 saturated heterocycles. The van der Waals surface area contributed by atoms with Crippen LogP contribution in [0.5, 0.6) is 11.5 Å². The van der Waals surface area contributed by atoms with Crippen LogP contribution >= 0.6 is 23.2 Å². The first-order chi connectivity index (χ1) is 15.2. The van der Waals surface area contributed by atoms with E-state index < -0.39 is 18.3 Å². The summed E-state index contributed by atoms with van der Waals surface area (Å²) in [6.45, 7) is 0.732. The average Bonchev–Trinajstić information content (AvgIpc) is 2.76. The summed E-state index contributed by atoms with van der Waals surface area (Å²) in [5.74, 6) is -1.56. The van der Waals surface area contributed by atoms with E-state index >= 15 is 0 Å². The fourth-order valence-electron chi connectivity index (χ4n) is 3.26. The Morgan fingerprint density at radius 2 is 1.62 bits per heavy atom. The molecule has 2 N–H and O–H groups in total. The third-order valence-corrected chi connectivity index (χ3v) is 5.44. The second-order valence-electron chi connectivity index (χ2n) is 6.95. The predicted octanol–water partition coefficient (Wildman–Crippen LogP) is 2.60. The number of piperazine rings is 1. The van der Waals surface area contributed by atoms with Crippen molar-refractivity contribution in [2.24, 2.45) is 5.73 Å². The molecule has 3 amide bonds. The monoisotopic (exact) mass is 483 g/mol. The number of primary amides is 1. The zero-order chi connectivity index (χ0) is 23.4. The first kappa shape index (κ1) is 23.6. The molecule has 170 valence electrons. The summed E-state index contributed by atoms with van der Waals surface area (Å²) in [5.41, 5.74) is 5.55. The second-order valence-corrected chi connectivity index (χ2v) is 7.77. The van der Waals surface area contributed by atoms with Crippen LogP contribution in [0, 0.1) is 5.82 Å². The number of hydrogen-bond acceptors (Lipinski definition) is 5. The summed E-state index contributed by atoms with van der Waals surface area (Å²) in [4.78, 5) is 39.7. The molecule has 0 saturated carbocycles. The number of halogens is 3. The van der Waals surface area contributed by atoms with Gasteiger partial charge in [0.1, 0.15) is 5.82 Å². The molecule has 11 heteroatoms. The van der Waals surface area contributed by atoms with Crippen LogP contribution < -0.4 is 15.2 Å². The maximum absolute atomic E-state index is 13.2. The molecule has 0 radical (unpaired) electrons. The van der Waals surface area contributed by atoms with Crippen molar-refractivity contribution in [1.82, 2.24) is 9.80 Å². The highest BCUT2D eigenvalue weighted by atomic mass is 35.5. The zero-order valence-electron chi connectivity index (χ0n) is 17.1. The number of amides is 3. The van der Waals surface area contributed by atoms with Gasteiger partial charge in [-0.3, -0.25) is 14.4 Å². The minimum atomic E-state index is -0.683. The predicted molar refractivity (Wildman–Crippen MR) is 116 cm³/mol. The SMILES string of the molecule is COc1cc(C(=O)N2CCN(C(=O)c3ccc(F)cc3Cl)CC2)cc(Cl)c1OCC(N)=O. The Morgan fingerprint density at radius 3 is 2.19 bits per heavy atom. The number of nitrogens with two attached hydrogens (primary N) is 1. The van der Waals surface area contributed by atoms with Gasteiger partial charge in [-0.05, 0) is 30.3 Å². The van der Waals surface area contributed by atoms with Gasteiger partial charge in [-0.15, -0.1) is 0 Å². The molecule has 1 fully saturated rings. The minimum absolute atomic E-state index is 0.0360. The number of carbonyl (C=O) groups is 3. The first-order valence-corrected chi connectivity index (χ1v) is 10.3.